The van der Waals surface area contributed by atoms with Gasteiger partial charge in [0.15, 0.2) is 0 Å². The molecular weight excluding hydrogens is 511 g/mol. The fourth-order valence-corrected chi connectivity index (χ4v) is 5.44. The first-order valence-electron chi connectivity index (χ1n) is 12.9. The number of halogens is 3. The van der Waals surface area contributed by atoms with Crippen molar-refractivity contribution in [1.82, 2.24) is 44.8 Å². The standard InChI is InChI=1S/C26H28F3N9O/c1-30-12-16-8-21(35-22(9-16)26(27,28)29)25(39)37-6-4-36(5-7-37)18-10-19(11-18)38-14-17(13-34-38)23-20-2-3-31-24(20)33-15-32-23/h2-3,8-9,13-15,18-19,30H,4-7,10-12H2,1H3,(H,31,32,33). The van der Waals surface area contributed by atoms with Gasteiger partial charge in [0, 0.05) is 62.1 Å². The molecular formula is C26H28F3N9O. The molecule has 0 spiro atoms. The first kappa shape index (κ1) is 25.4. The summed E-state index contributed by atoms with van der Waals surface area (Å²) >= 11 is 0. The molecule has 2 aliphatic rings. The van der Waals surface area contributed by atoms with Crippen LogP contribution in [0.5, 0.6) is 0 Å². The lowest BCUT2D eigenvalue weighted by Gasteiger charge is -2.46. The van der Waals surface area contributed by atoms with Crippen molar-refractivity contribution in [1.29, 1.82) is 0 Å². The van der Waals surface area contributed by atoms with E-state index in [4.69, 9.17) is 0 Å². The van der Waals surface area contributed by atoms with Crippen molar-refractivity contribution in [3.05, 3.63) is 60.1 Å². The number of aromatic nitrogens is 6. The minimum atomic E-state index is -4.61. The van der Waals surface area contributed by atoms with Gasteiger partial charge in [-0.25, -0.2) is 15.0 Å². The maximum Gasteiger partial charge on any atom is 0.433 e. The molecule has 1 saturated heterocycles. The lowest BCUT2D eigenvalue weighted by Crippen LogP contribution is -2.55. The summed E-state index contributed by atoms with van der Waals surface area (Å²) in [5.74, 6) is -0.463. The van der Waals surface area contributed by atoms with E-state index >= 15 is 0 Å². The summed E-state index contributed by atoms with van der Waals surface area (Å²) in [6.45, 7) is 2.46. The normalized spacial score (nSPS) is 20.4. The van der Waals surface area contributed by atoms with Crippen molar-refractivity contribution in [3.8, 4) is 11.3 Å². The number of carbonyl (C=O) groups is 1. The molecule has 4 aromatic heterocycles. The number of carbonyl (C=O) groups excluding carboxylic acids is 1. The molecule has 1 amide bonds. The van der Waals surface area contributed by atoms with Gasteiger partial charge in [0.2, 0.25) is 0 Å². The van der Waals surface area contributed by atoms with Crippen LogP contribution in [0.15, 0.2) is 43.1 Å². The fraction of sp³-hybridized carbons (Fsp3) is 0.423. The summed E-state index contributed by atoms with van der Waals surface area (Å²) in [4.78, 5) is 32.4. The quantitative estimate of drug-likeness (QED) is 0.388. The molecule has 13 heteroatoms. The fourth-order valence-electron chi connectivity index (χ4n) is 5.44. The molecule has 5 heterocycles. The van der Waals surface area contributed by atoms with Crippen LogP contribution in [0, 0.1) is 0 Å². The molecule has 1 aliphatic heterocycles. The van der Waals surface area contributed by atoms with Gasteiger partial charge in [0.05, 0.1) is 17.9 Å². The highest BCUT2D eigenvalue weighted by molar-refractivity contribution is 5.92. The molecule has 10 nitrogen and oxygen atoms in total. The lowest BCUT2D eigenvalue weighted by atomic mass is 9.85. The number of hydrogen-bond donors (Lipinski definition) is 2. The molecule has 0 aromatic carbocycles. The van der Waals surface area contributed by atoms with Gasteiger partial charge in [-0.1, -0.05) is 0 Å². The predicted molar refractivity (Wildman–Crippen MR) is 137 cm³/mol. The van der Waals surface area contributed by atoms with Crippen molar-refractivity contribution in [2.24, 2.45) is 0 Å². The Morgan fingerprint density at radius 2 is 1.92 bits per heavy atom. The Labute approximate surface area is 222 Å². The Hall–Kier alpha value is -3.84. The van der Waals surface area contributed by atoms with E-state index in [0.717, 1.165) is 41.2 Å². The minimum Gasteiger partial charge on any atom is -0.346 e. The van der Waals surface area contributed by atoms with E-state index in [0.29, 0.717) is 37.8 Å². The second kappa shape index (κ2) is 10.0. The van der Waals surface area contributed by atoms with Crippen LogP contribution in [0.1, 0.15) is 40.6 Å². The highest BCUT2D eigenvalue weighted by Gasteiger charge is 2.38. The number of rotatable bonds is 6. The van der Waals surface area contributed by atoms with Crippen LogP contribution >= 0.6 is 0 Å². The summed E-state index contributed by atoms with van der Waals surface area (Å²) in [5, 5.41) is 8.37. The monoisotopic (exact) mass is 539 g/mol. The Kier molecular flexibility index (Phi) is 6.55. The number of nitrogens with one attached hydrogen (secondary N) is 2. The Morgan fingerprint density at radius 3 is 2.67 bits per heavy atom. The molecule has 2 N–H and O–H groups in total. The average molecular weight is 540 g/mol. The number of H-pyrrole nitrogens is 1. The average Bonchev–Trinajstić information content (AvgIpc) is 3.57. The molecule has 0 bridgehead atoms. The maximum atomic E-state index is 13.3. The molecule has 1 saturated carbocycles. The number of fused-ring (bicyclic) bond motifs is 1. The van der Waals surface area contributed by atoms with Gasteiger partial charge < -0.3 is 15.2 Å². The third-order valence-corrected chi connectivity index (χ3v) is 7.58. The van der Waals surface area contributed by atoms with E-state index in [2.05, 4.69) is 35.3 Å². The van der Waals surface area contributed by atoms with Crippen LogP contribution in [0.25, 0.3) is 22.3 Å². The Morgan fingerprint density at radius 1 is 1.13 bits per heavy atom. The number of amides is 1. The highest BCUT2D eigenvalue weighted by atomic mass is 19.4. The lowest BCUT2D eigenvalue weighted by molar-refractivity contribution is -0.141. The molecule has 4 aromatic rings. The molecule has 204 valence electrons. The van der Waals surface area contributed by atoms with Gasteiger partial charge in [-0.15, -0.1) is 0 Å². The Bertz CT molecular complexity index is 1480. The van der Waals surface area contributed by atoms with Crippen LogP contribution in [0.2, 0.25) is 0 Å². The number of pyridine rings is 1. The van der Waals surface area contributed by atoms with Crippen molar-refractivity contribution in [2.75, 3.05) is 33.2 Å². The van der Waals surface area contributed by atoms with Crippen LogP contribution in [0.4, 0.5) is 13.2 Å². The maximum absolute atomic E-state index is 13.3. The summed E-state index contributed by atoms with van der Waals surface area (Å²) in [6.07, 6.45) is 4.51. The highest BCUT2D eigenvalue weighted by Crippen LogP contribution is 2.37. The van der Waals surface area contributed by atoms with Crippen LogP contribution in [0.3, 0.4) is 0 Å². The third-order valence-electron chi connectivity index (χ3n) is 7.58. The van der Waals surface area contributed by atoms with E-state index in [1.165, 1.54) is 6.07 Å². The zero-order valence-electron chi connectivity index (χ0n) is 21.3. The molecule has 2 fully saturated rings. The minimum absolute atomic E-state index is 0.165. The van der Waals surface area contributed by atoms with E-state index in [1.54, 1.807) is 18.3 Å². The number of aromatic amines is 1. The van der Waals surface area contributed by atoms with Crippen molar-refractivity contribution < 1.29 is 18.0 Å². The topological polar surface area (TPSA) is 108 Å². The second-order valence-corrected chi connectivity index (χ2v) is 10.1. The summed E-state index contributed by atoms with van der Waals surface area (Å²) in [6, 6.07) is 5.04. The molecule has 6 rings (SSSR count). The van der Waals surface area contributed by atoms with E-state index < -0.39 is 17.8 Å². The van der Waals surface area contributed by atoms with E-state index in [1.807, 2.05) is 29.3 Å². The van der Waals surface area contributed by atoms with Gasteiger partial charge in [0.25, 0.3) is 5.91 Å². The number of piperazine rings is 1. The SMILES string of the molecule is CNCc1cc(C(=O)N2CCN(C3CC(n4cc(-c5ncnc6[nH]ccc56)cn4)C3)CC2)nc(C(F)(F)F)c1. The zero-order valence-corrected chi connectivity index (χ0v) is 21.3. The summed E-state index contributed by atoms with van der Waals surface area (Å²) < 4.78 is 42.0. The van der Waals surface area contributed by atoms with E-state index in [-0.39, 0.29) is 18.3 Å². The van der Waals surface area contributed by atoms with Crippen molar-refractivity contribution >= 4 is 16.9 Å². The van der Waals surface area contributed by atoms with Gasteiger partial charge >= 0.3 is 6.18 Å². The van der Waals surface area contributed by atoms with Crippen LogP contribution < -0.4 is 5.32 Å². The number of alkyl halides is 3. The van der Waals surface area contributed by atoms with Crippen LogP contribution in [-0.2, 0) is 12.7 Å². The number of nitrogens with zero attached hydrogens (tertiary/aromatic N) is 7. The molecule has 0 atom stereocenters. The zero-order chi connectivity index (χ0) is 27.1. The first-order chi connectivity index (χ1) is 18.8. The van der Waals surface area contributed by atoms with E-state index in [9.17, 15) is 18.0 Å². The van der Waals surface area contributed by atoms with Gasteiger partial charge in [-0.05, 0) is 43.7 Å². The summed E-state index contributed by atoms with van der Waals surface area (Å²) in [5.41, 5.74) is 1.74. The third kappa shape index (κ3) is 4.99. The molecule has 1 aliphatic carbocycles. The molecule has 0 radical (unpaired) electrons. The van der Waals surface area contributed by atoms with Gasteiger partial charge in [-0.3, -0.25) is 14.4 Å². The predicted octanol–water partition coefficient (Wildman–Crippen LogP) is 3.12. The second-order valence-electron chi connectivity index (χ2n) is 10.1. The molecule has 0 unspecified atom stereocenters. The van der Waals surface area contributed by atoms with Crippen molar-refractivity contribution in [3.63, 3.8) is 0 Å². The summed E-state index contributed by atoms with van der Waals surface area (Å²) in [7, 11) is 1.64. The Balaban J connectivity index is 1.05. The molecule has 39 heavy (non-hydrogen) atoms. The largest absolute Gasteiger partial charge is 0.433 e. The first-order valence-corrected chi connectivity index (χ1v) is 12.9. The smallest absolute Gasteiger partial charge is 0.346 e. The number of hydrogen-bond acceptors (Lipinski definition) is 7. The van der Waals surface area contributed by atoms with Gasteiger partial charge in [0.1, 0.15) is 23.4 Å². The van der Waals surface area contributed by atoms with Crippen LogP contribution in [-0.4, -0.2) is 84.7 Å². The van der Waals surface area contributed by atoms with Crippen molar-refractivity contribution in [2.45, 2.75) is 37.6 Å². The van der Waals surface area contributed by atoms with Gasteiger partial charge in [-0.2, -0.15) is 18.3 Å².